The first-order chi connectivity index (χ1) is 9.39. The van der Waals surface area contributed by atoms with Gasteiger partial charge in [-0.3, -0.25) is 4.79 Å². The summed E-state index contributed by atoms with van der Waals surface area (Å²) < 4.78 is 30.7. The maximum atomic E-state index is 11.6. The van der Waals surface area contributed by atoms with Crippen LogP contribution in [0.1, 0.15) is 26.7 Å². The highest BCUT2D eigenvalue weighted by atomic mass is 32.2. The van der Waals surface area contributed by atoms with Crippen molar-refractivity contribution in [2.45, 2.75) is 38.8 Å². The molecule has 0 aromatic carbocycles. The van der Waals surface area contributed by atoms with Gasteiger partial charge >= 0.3 is 0 Å². The zero-order valence-corrected chi connectivity index (χ0v) is 13.0. The number of hydrogen-bond donors (Lipinski definition) is 3. The minimum Gasteiger partial charge on any atom is -0.378 e. The van der Waals surface area contributed by atoms with Crippen molar-refractivity contribution in [3.8, 4) is 0 Å². The summed E-state index contributed by atoms with van der Waals surface area (Å²) in [6, 6.07) is 0.0880. The molecule has 0 aromatic heterocycles. The molecule has 0 aromatic rings. The summed E-state index contributed by atoms with van der Waals surface area (Å²) in [6.07, 6.45) is 1.93. The van der Waals surface area contributed by atoms with E-state index in [4.69, 9.17) is 4.74 Å². The van der Waals surface area contributed by atoms with Crippen molar-refractivity contribution in [3.63, 3.8) is 0 Å². The predicted octanol–water partition coefficient (Wildman–Crippen LogP) is -0.801. The fourth-order valence-corrected chi connectivity index (χ4v) is 2.71. The molecule has 3 N–H and O–H groups in total. The normalized spacial score (nSPS) is 20.1. The van der Waals surface area contributed by atoms with Crippen molar-refractivity contribution in [2.75, 3.05) is 32.0 Å². The summed E-state index contributed by atoms with van der Waals surface area (Å²) in [5, 5.41) is 5.99. The van der Waals surface area contributed by atoms with Gasteiger partial charge in [-0.1, -0.05) is 0 Å². The summed E-state index contributed by atoms with van der Waals surface area (Å²) in [5.41, 5.74) is 0. The number of rotatable bonds is 8. The zero-order chi connectivity index (χ0) is 15.0. The molecule has 1 aliphatic heterocycles. The minimum absolute atomic E-state index is 0.00713. The van der Waals surface area contributed by atoms with Crippen LogP contribution in [0.15, 0.2) is 0 Å². The quantitative estimate of drug-likeness (QED) is 0.545. The summed E-state index contributed by atoms with van der Waals surface area (Å²) in [5.74, 6) is -0.434. The van der Waals surface area contributed by atoms with Gasteiger partial charge in [-0.25, -0.2) is 13.1 Å². The maximum Gasteiger partial charge on any atom is 0.235 e. The van der Waals surface area contributed by atoms with E-state index in [1.807, 2.05) is 13.8 Å². The highest BCUT2D eigenvalue weighted by Crippen LogP contribution is 2.00. The van der Waals surface area contributed by atoms with Gasteiger partial charge < -0.3 is 15.4 Å². The Balaban J connectivity index is 2.21. The van der Waals surface area contributed by atoms with Crippen LogP contribution in [0.5, 0.6) is 0 Å². The molecule has 0 spiro atoms. The van der Waals surface area contributed by atoms with Crippen LogP contribution in [-0.4, -0.2) is 58.5 Å². The first-order valence-corrected chi connectivity index (χ1v) is 8.63. The molecule has 1 saturated heterocycles. The van der Waals surface area contributed by atoms with Crippen molar-refractivity contribution in [2.24, 2.45) is 0 Å². The lowest BCUT2D eigenvalue weighted by Crippen LogP contribution is -2.48. The maximum absolute atomic E-state index is 11.6. The molecule has 1 heterocycles. The molecule has 0 radical (unpaired) electrons. The van der Waals surface area contributed by atoms with Gasteiger partial charge in [0.15, 0.2) is 0 Å². The Morgan fingerprint density at radius 3 is 2.80 bits per heavy atom. The van der Waals surface area contributed by atoms with Crippen LogP contribution < -0.4 is 15.4 Å². The fraction of sp³-hybridized carbons (Fsp3) is 0.917. The van der Waals surface area contributed by atoms with E-state index < -0.39 is 10.0 Å². The third-order valence-electron chi connectivity index (χ3n) is 2.92. The van der Waals surface area contributed by atoms with Crippen LogP contribution in [0, 0.1) is 0 Å². The largest absolute Gasteiger partial charge is 0.378 e. The molecule has 1 fully saturated rings. The van der Waals surface area contributed by atoms with Crippen LogP contribution in [0.25, 0.3) is 0 Å². The van der Waals surface area contributed by atoms with Gasteiger partial charge in [-0.2, -0.15) is 0 Å². The van der Waals surface area contributed by atoms with Crippen molar-refractivity contribution in [1.29, 1.82) is 0 Å². The van der Waals surface area contributed by atoms with Crippen LogP contribution in [0.3, 0.4) is 0 Å². The topological polar surface area (TPSA) is 96.5 Å². The van der Waals surface area contributed by atoms with E-state index in [0.29, 0.717) is 0 Å². The second-order valence-corrected chi connectivity index (χ2v) is 7.10. The lowest BCUT2D eigenvalue weighted by Gasteiger charge is -2.23. The molecule has 1 unspecified atom stereocenters. The lowest BCUT2D eigenvalue weighted by atomic mass is 10.1. The average molecular weight is 307 g/mol. The predicted molar refractivity (Wildman–Crippen MR) is 76.9 cm³/mol. The van der Waals surface area contributed by atoms with E-state index >= 15 is 0 Å². The van der Waals surface area contributed by atoms with Crippen LogP contribution in [-0.2, 0) is 19.6 Å². The van der Waals surface area contributed by atoms with Gasteiger partial charge in [0.25, 0.3) is 0 Å². The zero-order valence-electron chi connectivity index (χ0n) is 12.1. The number of piperidine rings is 1. The van der Waals surface area contributed by atoms with Gasteiger partial charge in [-0.05, 0) is 33.2 Å². The number of nitrogens with one attached hydrogen (secondary N) is 3. The van der Waals surface area contributed by atoms with E-state index in [-0.39, 0.29) is 37.0 Å². The van der Waals surface area contributed by atoms with Gasteiger partial charge in [0.05, 0.1) is 25.0 Å². The standard InChI is InChI=1S/C12H25N3O4S/c1-10(2)19-6-7-20(17,18)14-9-12(16)15-11-4-3-5-13-8-11/h10-11,13-14H,3-9H2,1-2H3,(H,15,16). The first kappa shape index (κ1) is 17.4. The third-order valence-corrected chi connectivity index (χ3v) is 4.21. The van der Waals surface area contributed by atoms with Crippen LogP contribution in [0.2, 0.25) is 0 Å². The molecule has 118 valence electrons. The molecule has 1 aliphatic rings. The molecule has 20 heavy (non-hydrogen) atoms. The van der Waals surface area contributed by atoms with E-state index in [1.165, 1.54) is 0 Å². The molecule has 0 saturated carbocycles. The van der Waals surface area contributed by atoms with E-state index in [0.717, 1.165) is 25.9 Å². The first-order valence-electron chi connectivity index (χ1n) is 6.98. The summed E-state index contributed by atoms with van der Waals surface area (Å²) >= 11 is 0. The number of hydrogen-bond acceptors (Lipinski definition) is 5. The Kier molecular flexibility index (Phi) is 7.42. The molecule has 8 heteroatoms. The Morgan fingerprint density at radius 1 is 1.45 bits per heavy atom. The second-order valence-electron chi connectivity index (χ2n) is 5.17. The summed E-state index contributed by atoms with van der Waals surface area (Å²) in [6.45, 7) is 5.29. The number of carbonyl (C=O) groups excluding carboxylic acids is 1. The summed E-state index contributed by atoms with van der Waals surface area (Å²) in [4.78, 5) is 11.6. The van der Waals surface area contributed by atoms with Crippen molar-refractivity contribution >= 4 is 15.9 Å². The van der Waals surface area contributed by atoms with E-state index in [9.17, 15) is 13.2 Å². The van der Waals surface area contributed by atoms with Gasteiger partial charge in [-0.15, -0.1) is 0 Å². The molecule has 1 amide bonds. The van der Waals surface area contributed by atoms with E-state index in [2.05, 4.69) is 15.4 Å². The third kappa shape index (κ3) is 7.78. The minimum atomic E-state index is -3.46. The highest BCUT2D eigenvalue weighted by molar-refractivity contribution is 7.89. The highest BCUT2D eigenvalue weighted by Gasteiger charge is 2.17. The molecule has 1 atom stereocenters. The monoisotopic (exact) mass is 307 g/mol. The number of amides is 1. The van der Waals surface area contributed by atoms with Crippen molar-refractivity contribution < 1.29 is 17.9 Å². The van der Waals surface area contributed by atoms with Crippen LogP contribution >= 0.6 is 0 Å². The SMILES string of the molecule is CC(C)OCCS(=O)(=O)NCC(=O)NC1CCCNC1. The average Bonchev–Trinajstić information content (AvgIpc) is 2.37. The molecular weight excluding hydrogens is 282 g/mol. The van der Waals surface area contributed by atoms with Crippen molar-refractivity contribution in [1.82, 2.24) is 15.4 Å². The Hall–Kier alpha value is -0.700. The van der Waals surface area contributed by atoms with Crippen LogP contribution in [0.4, 0.5) is 0 Å². The number of sulfonamides is 1. The smallest absolute Gasteiger partial charge is 0.235 e. The fourth-order valence-electron chi connectivity index (χ4n) is 1.89. The lowest BCUT2D eigenvalue weighted by molar-refractivity contribution is -0.120. The summed E-state index contributed by atoms with van der Waals surface area (Å²) in [7, 11) is -3.46. The molecular formula is C12H25N3O4S. The number of ether oxygens (including phenoxy) is 1. The van der Waals surface area contributed by atoms with Gasteiger partial charge in [0, 0.05) is 12.6 Å². The molecule has 0 bridgehead atoms. The Labute approximate surface area is 120 Å². The Bertz CT molecular complexity index is 392. The Morgan fingerprint density at radius 2 is 2.20 bits per heavy atom. The molecule has 0 aliphatic carbocycles. The van der Waals surface area contributed by atoms with Crippen molar-refractivity contribution in [3.05, 3.63) is 0 Å². The number of carbonyl (C=O) groups is 1. The molecule has 7 nitrogen and oxygen atoms in total. The van der Waals surface area contributed by atoms with Gasteiger partial charge in [0.1, 0.15) is 0 Å². The van der Waals surface area contributed by atoms with Gasteiger partial charge in [0.2, 0.25) is 15.9 Å². The van der Waals surface area contributed by atoms with E-state index in [1.54, 1.807) is 0 Å². The second kappa shape index (κ2) is 8.56. The molecule has 1 rings (SSSR count).